The Labute approximate surface area is 669 Å². The van der Waals surface area contributed by atoms with Crippen LogP contribution in [-0.2, 0) is 109 Å². The van der Waals surface area contributed by atoms with Crippen LogP contribution < -0.4 is 31.9 Å². The smallest absolute Gasteiger partial charge is 0.217 e. The Morgan fingerprint density at radius 2 is 0.466 bits per heavy atom. The van der Waals surface area contributed by atoms with E-state index in [-0.39, 0.29) is 0 Å². The molecule has 0 aromatic heterocycles. The van der Waals surface area contributed by atoms with E-state index in [9.17, 15) is 146 Å². The Balaban J connectivity index is 1.13. The highest BCUT2D eigenvalue weighted by atomic mass is 16.8. The molecule has 52 nitrogen and oxygen atoms in total. The van der Waals surface area contributed by atoms with Crippen LogP contribution in [0.4, 0.5) is 0 Å². The van der Waals surface area contributed by atoms with Crippen LogP contribution in [0.3, 0.4) is 0 Å². The molecule has 9 aliphatic rings. The van der Waals surface area contributed by atoms with Crippen LogP contribution in [0.5, 0.6) is 0 Å². The lowest BCUT2D eigenvalue weighted by Gasteiger charge is -2.51. The molecule has 6 amide bonds. The summed E-state index contributed by atoms with van der Waals surface area (Å²) in [6.45, 7) is -4.10. The molecule has 680 valence electrons. The molecular weight excluding hydrogens is 1610 g/mol. The lowest BCUT2D eigenvalue weighted by atomic mass is 9.93. The van der Waals surface area contributed by atoms with Gasteiger partial charge in [-0.15, -0.1) is 0 Å². The van der Waals surface area contributed by atoms with Gasteiger partial charge in [0.05, 0.1) is 59.5 Å². The van der Waals surface area contributed by atoms with Crippen molar-refractivity contribution < 1.29 is 227 Å². The highest BCUT2D eigenvalue weighted by Crippen LogP contribution is 2.40. The molecule has 9 aliphatic heterocycles. The topological polar surface area (TPSA) is 797 Å². The monoisotopic (exact) mass is 1720 g/mol. The SMILES string of the molecule is CC(=O)N[C@@H]1[C@@H](O)[C@H](O[C@@H]2O[C@H](CO)[C@@H](O[C@@H]3O[C@H](CO[C@H]4O[C@H](COC5O[C@H](CO)[C@@H](O)[C@H](O)[C@H]5NC(C)=O)[C@@H](O)[C@H](O)[C@@H]4OC4O[C@H](CO)[C@@H](O)[C@H](O)[C@H]4NC(C)=O)[C@@H](O)[C@H](O[C@H]4O[C@H](CO)[C@@H](OC5O[C@H](CO)[C@@H](O)[C@H](O)[C@H]5NC(C)=O)[C@H](O)[C@@H]4OC4O[C@H](CO)[C@@H](O)[C@H](O)[C@H]4NC(C)=O)[C@@H]3O)[C@H](O)[C@H]2NC(C)=O)[C@@H](CO)O[C@H]1O. The Kier molecular flexibility index (Phi) is 35.1. The Hall–Kier alpha value is -4.78. The van der Waals surface area contributed by atoms with E-state index in [4.69, 9.17) is 80.5 Å². The maximum Gasteiger partial charge on any atom is 0.217 e. The highest BCUT2D eigenvalue weighted by molar-refractivity contribution is 5.75. The number of nitrogens with one attached hydrogen (secondary N) is 6. The number of amides is 6. The zero-order valence-electron chi connectivity index (χ0n) is 64.0. The molecule has 0 bridgehead atoms. The van der Waals surface area contributed by atoms with Crippen LogP contribution >= 0.6 is 0 Å². The molecule has 0 radical (unpaired) electrons. The molecule has 29 N–H and O–H groups in total. The van der Waals surface area contributed by atoms with E-state index in [1.54, 1.807) is 0 Å². The average molecular weight is 1720 g/mol. The molecule has 9 saturated heterocycles. The van der Waals surface area contributed by atoms with Gasteiger partial charge in [0.2, 0.25) is 35.4 Å². The van der Waals surface area contributed by atoms with E-state index >= 15 is 0 Å². The number of carbonyl (C=O) groups is 6. The van der Waals surface area contributed by atoms with Gasteiger partial charge in [0.1, 0.15) is 219 Å². The summed E-state index contributed by atoms with van der Waals surface area (Å²) in [6, 6.07) is -10.8. The summed E-state index contributed by atoms with van der Waals surface area (Å²) in [7, 11) is 0. The maximum absolute atomic E-state index is 13.1. The normalized spacial score (nSPS) is 46.9. The first-order valence-corrected chi connectivity index (χ1v) is 37.6. The predicted octanol–water partition coefficient (Wildman–Crippen LogP) is -19.8. The van der Waals surface area contributed by atoms with Crippen molar-refractivity contribution in [3.63, 3.8) is 0 Å². The number of aliphatic hydroxyl groups is 23. The van der Waals surface area contributed by atoms with Gasteiger partial charge in [-0.05, 0) is 0 Å². The minimum absolute atomic E-state index is 0.801. The van der Waals surface area contributed by atoms with Gasteiger partial charge in [-0.3, -0.25) is 28.8 Å². The van der Waals surface area contributed by atoms with E-state index in [1.807, 2.05) is 0 Å². The molecule has 9 heterocycles. The second-order valence-electron chi connectivity index (χ2n) is 29.7. The van der Waals surface area contributed by atoms with Gasteiger partial charge >= 0.3 is 0 Å². The Bertz CT molecular complexity index is 3230. The van der Waals surface area contributed by atoms with Gasteiger partial charge in [-0.25, -0.2) is 0 Å². The van der Waals surface area contributed by atoms with Crippen molar-refractivity contribution >= 4 is 35.4 Å². The second kappa shape index (κ2) is 42.7. The summed E-state index contributed by atoms with van der Waals surface area (Å²) < 4.78 is 103. The molecule has 45 atom stereocenters. The fourth-order valence-electron chi connectivity index (χ4n) is 15.2. The third kappa shape index (κ3) is 22.1. The van der Waals surface area contributed by atoms with Crippen molar-refractivity contribution in [3.05, 3.63) is 0 Å². The summed E-state index contributed by atoms with van der Waals surface area (Å²) in [5.41, 5.74) is 0. The van der Waals surface area contributed by atoms with E-state index in [0.29, 0.717) is 0 Å². The minimum Gasteiger partial charge on any atom is -0.394 e. The van der Waals surface area contributed by atoms with Crippen molar-refractivity contribution in [2.24, 2.45) is 0 Å². The van der Waals surface area contributed by atoms with Crippen LogP contribution in [0.2, 0.25) is 0 Å². The predicted molar refractivity (Wildman–Crippen MR) is 367 cm³/mol. The molecule has 52 heteroatoms. The maximum atomic E-state index is 13.1. The number of aliphatic hydroxyl groups excluding tert-OH is 23. The molecule has 0 aromatic rings. The first-order chi connectivity index (χ1) is 55.8. The summed E-state index contributed by atoms with van der Waals surface area (Å²) in [4.78, 5) is 75.9. The van der Waals surface area contributed by atoms with Gasteiger partial charge in [0.15, 0.2) is 56.6 Å². The van der Waals surface area contributed by atoms with Crippen LogP contribution in [-0.4, -0.2) is 488 Å². The minimum atomic E-state index is -2.65. The van der Waals surface area contributed by atoms with Gasteiger partial charge in [0, 0.05) is 41.5 Å². The molecule has 9 fully saturated rings. The lowest BCUT2D eigenvalue weighted by Crippen LogP contribution is -2.71. The second-order valence-corrected chi connectivity index (χ2v) is 29.7. The van der Waals surface area contributed by atoms with E-state index in [2.05, 4.69) is 31.9 Å². The lowest BCUT2D eigenvalue weighted by molar-refractivity contribution is -0.403. The van der Waals surface area contributed by atoms with Crippen molar-refractivity contribution in [2.45, 2.75) is 318 Å². The zero-order chi connectivity index (χ0) is 87.1. The molecular formula is C66H110N6O46. The molecule has 0 spiro atoms. The number of ether oxygens (including phenoxy) is 17. The first-order valence-electron chi connectivity index (χ1n) is 37.6. The van der Waals surface area contributed by atoms with Gasteiger partial charge in [-0.2, -0.15) is 0 Å². The number of carbonyl (C=O) groups excluding carboxylic acids is 6. The van der Waals surface area contributed by atoms with Crippen molar-refractivity contribution in [1.82, 2.24) is 31.9 Å². The van der Waals surface area contributed by atoms with E-state index in [1.165, 1.54) is 0 Å². The van der Waals surface area contributed by atoms with Crippen LogP contribution in [0.25, 0.3) is 0 Å². The third-order valence-electron chi connectivity index (χ3n) is 21.1. The van der Waals surface area contributed by atoms with E-state index in [0.717, 1.165) is 41.5 Å². The first kappa shape index (κ1) is 97.0. The van der Waals surface area contributed by atoms with Gasteiger partial charge in [0.25, 0.3) is 0 Å². The van der Waals surface area contributed by atoms with Crippen molar-refractivity contribution in [3.8, 4) is 0 Å². The quantitative estimate of drug-likeness (QED) is 0.0306. The molecule has 0 aliphatic carbocycles. The Morgan fingerprint density at radius 1 is 0.220 bits per heavy atom. The molecule has 4 unspecified atom stereocenters. The summed E-state index contributed by atoms with van der Waals surface area (Å²) in [6.07, 6.45) is -82.3. The van der Waals surface area contributed by atoms with Crippen LogP contribution in [0.1, 0.15) is 41.5 Å². The summed E-state index contributed by atoms with van der Waals surface area (Å²) in [5.74, 6) is -5.29. The Morgan fingerprint density at radius 3 is 0.847 bits per heavy atom. The molecule has 0 saturated carbocycles. The molecule has 0 aromatic carbocycles. The highest BCUT2D eigenvalue weighted by Gasteiger charge is 2.61. The fraction of sp³-hybridized carbons (Fsp3) is 0.909. The van der Waals surface area contributed by atoms with Crippen LogP contribution in [0.15, 0.2) is 0 Å². The van der Waals surface area contributed by atoms with Gasteiger partial charge in [-0.1, -0.05) is 0 Å². The summed E-state index contributed by atoms with van der Waals surface area (Å²) >= 11 is 0. The average Bonchev–Trinajstić information content (AvgIpc) is 0.760. The fourth-order valence-corrected chi connectivity index (χ4v) is 15.2. The number of hydrogen-bond acceptors (Lipinski definition) is 46. The van der Waals surface area contributed by atoms with E-state index < -0.39 is 371 Å². The third-order valence-corrected chi connectivity index (χ3v) is 21.1. The number of hydrogen-bond donors (Lipinski definition) is 29. The number of rotatable bonds is 31. The molecule has 9 rings (SSSR count). The zero-order valence-corrected chi connectivity index (χ0v) is 64.0. The van der Waals surface area contributed by atoms with Crippen molar-refractivity contribution in [1.29, 1.82) is 0 Å². The summed E-state index contributed by atoms with van der Waals surface area (Å²) in [5, 5.41) is 274. The van der Waals surface area contributed by atoms with Gasteiger partial charge < -0.3 is 230 Å². The van der Waals surface area contributed by atoms with Crippen LogP contribution in [0, 0.1) is 0 Å². The largest absolute Gasteiger partial charge is 0.394 e. The standard InChI is InChI=1S/C66H110N6O46/c1-16(80)67-31-47(96)52(26(11-77)104-58(31)101)113-63-36(72-21(6)85)48(97)53(27(12-78)109-63)115-64-51(100)55(116-66-57(118-62-35(71-20(5)84)46(95)40(89)25(10-76)108-62)50(99)54(28(13-79)110-66)114-60-33(69-18(3)82)44(93)38(87)23(8-74)106-60)42(91)30(111-64)15-103-65-56(117-61-34(70-19(4)83)45(94)39(88)24(9-75)107-61)49(98)41(90)29(112-65)14-102-59-32(68-17(2)81)43(92)37(86)22(7-73)105-59/h22-66,73-79,86-101H,7-15H2,1-6H3,(H,67,80)(H,68,81)(H,69,82)(H,70,83)(H,71,84)(H,72,85)/t22-,23-,24-,25-,26-,27-,28-,29-,30-,31-,32-,33-,34-,35-,36-,37-,38-,39-,40-,41-,42-,43-,44-,45-,46-,47-,48-,49+,50+,51+,52-,53-,54-,55+,56+,57+,58-,59?,60?,61?,62?,63+,64+,65+,66-/m1/s1. The van der Waals surface area contributed by atoms with Crippen molar-refractivity contribution in [2.75, 3.05) is 59.5 Å². The molecule has 118 heavy (non-hydrogen) atoms.